The van der Waals surface area contributed by atoms with Crippen molar-refractivity contribution >= 4 is 17.6 Å². The first-order valence-corrected chi connectivity index (χ1v) is 11.5. The lowest BCUT2D eigenvalue weighted by Crippen LogP contribution is -2.32. The van der Waals surface area contributed by atoms with E-state index >= 15 is 0 Å². The van der Waals surface area contributed by atoms with Gasteiger partial charge in [-0.05, 0) is 63.4 Å². The van der Waals surface area contributed by atoms with Crippen LogP contribution in [0.1, 0.15) is 49.5 Å². The quantitative estimate of drug-likeness (QED) is 0.553. The molecule has 1 saturated heterocycles. The molecule has 8 heteroatoms. The maximum absolute atomic E-state index is 12.9. The van der Waals surface area contributed by atoms with E-state index in [9.17, 15) is 9.59 Å². The molecule has 0 saturated carbocycles. The van der Waals surface area contributed by atoms with Gasteiger partial charge in [-0.2, -0.15) is 0 Å². The Labute approximate surface area is 195 Å². The molecule has 0 unspecified atom stereocenters. The Hall–Kier alpha value is -3.42. The fraction of sp³-hybridized carbons (Fsp3) is 0.440. The second-order valence-corrected chi connectivity index (χ2v) is 7.61. The van der Waals surface area contributed by atoms with Gasteiger partial charge in [0.2, 0.25) is 5.75 Å². The highest BCUT2D eigenvalue weighted by molar-refractivity contribution is 5.95. The number of urea groups is 1. The van der Waals surface area contributed by atoms with Crippen LogP contribution in [0.15, 0.2) is 36.4 Å². The molecule has 0 aromatic heterocycles. The molecule has 1 fully saturated rings. The maximum Gasteiger partial charge on any atom is 0.321 e. The number of ether oxygens (including phenoxy) is 3. The van der Waals surface area contributed by atoms with Gasteiger partial charge < -0.3 is 29.7 Å². The summed E-state index contributed by atoms with van der Waals surface area (Å²) in [5.74, 6) is 1.19. The molecule has 0 radical (unpaired) electrons. The Morgan fingerprint density at radius 2 is 1.55 bits per heavy atom. The zero-order valence-corrected chi connectivity index (χ0v) is 19.6. The molecule has 178 valence electrons. The van der Waals surface area contributed by atoms with Crippen LogP contribution in [0.3, 0.4) is 0 Å². The molecule has 33 heavy (non-hydrogen) atoms. The molecule has 0 aliphatic carbocycles. The third-order valence-corrected chi connectivity index (χ3v) is 5.20. The molecule has 1 heterocycles. The van der Waals surface area contributed by atoms with Crippen LogP contribution in [0.4, 0.5) is 10.5 Å². The third kappa shape index (κ3) is 6.54. The zero-order chi connectivity index (χ0) is 23.6. The van der Waals surface area contributed by atoms with Gasteiger partial charge in [-0.25, -0.2) is 4.79 Å². The van der Waals surface area contributed by atoms with Gasteiger partial charge in [0.05, 0.1) is 19.8 Å². The Bertz CT molecular complexity index is 930. The van der Waals surface area contributed by atoms with E-state index in [0.29, 0.717) is 54.9 Å². The molecular formula is C25H33N3O5. The number of nitrogens with one attached hydrogen (secondary N) is 2. The van der Waals surface area contributed by atoms with E-state index in [0.717, 1.165) is 31.5 Å². The summed E-state index contributed by atoms with van der Waals surface area (Å²) in [4.78, 5) is 27.0. The van der Waals surface area contributed by atoms with Crippen molar-refractivity contribution in [3.8, 4) is 17.2 Å². The van der Waals surface area contributed by atoms with E-state index in [2.05, 4.69) is 10.6 Å². The van der Waals surface area contributed by atoms with Gasteiger partial charge in [0, 0.05) is 30.9 Å². The topological polar surface area (TPSA) is 89.1 Å². The maximum atomic E-state index is 12.9. The molecule has 2 aromatic rings. The second kappa shape index (κ2) is 12.0. The number of amides is 3. The molecule has 0 spiro atoms. The summed E-state index contributed by atoms with van der Waals surface area (Å²) < 4.78 is 17.1. The lowest BCUT2D eigenvalue weighted by Gasteiger charge is -2.17. The number of rotatable bonds is 10. The largest absolute Gasteiger partial charge is 0.490 e. The van der Waals surface area contributed by atoms with Crippen molar-refractivity contribution in [1.82, 2.24) is 10.2 Å². The normalized spacial score (nSPS) is 12.9. The van der Waals surface area contributed by atoms with Gasteiger partial charge in [-0.15, -0.1) is 0 Å². The van der Waals surface area contributed by atoms with Crippen LogP contribution in [-0.2, 0) is 6.54 Å². The molecule has 0 atom stereocenters. The zero-order valence-electron chi connectivity index (χ0n) is 19.6. The molecular weight excluding hydrogens is 422 g/mol. The fourth-order valence-corrected chi connectivity index (χ4v) is 3.69. The van der Waals surface area contributed by atoms with Crippen molar-refractivity contribution in [2.45, 2.75) is 40.2 Å². The van der Waals surface area contributed by atoms with Crippen LogP contribution in [-0.4, -0.2) is 49.7 Å². The molecule has 3 rings (SSSR count). The summed E-state index contributed by atoms with van der Waals surface area (Å²) in [5.41, 5.74) is 2.00. The summed E-state index contributed by atoms with van der Waals surface area (Å²) in [6.07, 6.45) is 2.09. The Kier molecular flexibility index (Phi) is 8.80. The van der Waals surface area contributed by atoms with Crippen LogP contribution < -0.4 is 24.8 Å². The second-order valence-electron chi connectivity index (χ2n) is 7.61. The van der Waals surface area contributed by atoms with E-state index in [-0.39, 0.29) is 11.9 Å². The number of carbonyl (C=O) groups is 2. The van der Waals surface area contributed by atoms with Crippen molar-refractivity contribution in [3.63, 3.8) is 0 Å². The van der Waals surface area contributed by atoms with Crippen molar-refractivity contribution in [1.29, 1.82) is 0 Å². The smallest absolute Gasteiger partial charge is 0.321 e. The molecule has 0 bridgehead atoms. The van der Waals surface area contributed by atoms with Gasteiger partial charge in [-0.1, -0.05) is 12.1 Å². The average molecular weight is 456 g/mol. The Balaban J connectivity index is 1.69. The molecule has 2 aromatic carbocycles. The first-order chi connectivity index (χ1) is 16.0. The van der Waals surface area contributed by atoms with E-state index in [1.807, 2.05) is 49.9 Å². The molecule has 8 nitrogen and oxygen atoms in total. The number of carbonyl (C=O) groups excluding carboxylic acids is 2. The number of benzene rings is 2. The van der Waals surface area contributed by atoms with Gasteiger partial charge in [0.1, 0.15) is 0 Å². The minimum atomic E-state index is -0.258. The average Bonchev–Trinajstić information content (AvgIpc) is 3.35. The first kappa shape index (κ1) is 24.2. The third-order valence-electron chi connectivity index (χ3n) is 5.20. The lowest BCUT2D eigenvalue weighted by molar-refractivity contribution is 0.0949. The SMILES string of the molecule is CCOc1cc(C(=O)NCc2cccc(NC(=O)N3CCCC3)c2)cc(OCC)c1OCC. The number of anilines is 1. The summed E-state index contributed by atoms with van der Waals surface area (Å²) in [6.45, 7) is 8.85. The Morgan fingerprint density at radius 3 is 2.15 bits per heavy atom. The van der Waals surface area contributed by atoms with Crippen LogP contribution >= 0.6 is 0 Å². The van der Waals surface area contributed by atoms with Gasteiger partial charge in [0.25, 0.3) is 5.91 Å². The van der Waals surface area contributed by atoms with Crippen molar-refractivity contribution < 1.29 is 23.8 Å². The Morgan fingerprint density at radius 1 is 0.909 bits per heavy atom. The minimum absolute atomic E-state index is 0.0880. The van der Waals surface area contributed by atoms with Crippen molar-refractivity contribution in [2.75, 3.05) is 38.2 Å². The van der Waals surface area contributed by atoms with Gasteiger partial charge >= 0.3 is 6.03 Å². The molecule has 2 N–H and O–H groups in total. The predicted octanol–water partition coefficient (Wildman–Crippen LogP) is 4.44. The minimum Gasteiger partial charge on any atom is -0.490 e. The first-order valence-electron chi connectivity index (χ1n) is 11.5. The van der Waals surface area contributed by atoms with Crippen LogP contribution in [0.5, 0.6) is 17.2 Å². The van der Waals surface area contributed by atoms with Crippen LogP contribution in [0, 0.1) is 0 Å². The highest BCUT2D eigenvalue weighted by Gasteiger charge is 2.19. The number of hydrogen-bond donors (Lipinski definition) is 2. The lowest BCUT2D eigenvalue weighted by atomic mass is 10.1. The van der Waals surface area contributed by atoms with E-state index < -0.39 is 0 Å². The van der Waals surface area contributed by atoms with Crippen molar-refractivity contribution in [3.05, 3.63) is 47.5 Å². The van der Waals surface area contributed by atoms with Gasteiger partial charge in [0.15, 0.2) is 11.5 Å². The van der Waals surface area contributed by atoms with Crippen molar-refractivity contribution in [2.24, 2.45) is 0 Å². The summed E-state index contributed by atoms with van der Waals surface area (Å²) in [5, 5.41) is 5.86. The van der Waals surface area contributed by atoms with Crippen LogP contribution in [0.2, 0.25) is 0 Å². The highest BCUT2D eigenvalue weighted by Crippen LogP contribution is 2.39. The molecule has 1 aliphatic rings. The molecule has 3 amide bonds. The van der Waals surface area contributed by atoms with E-state index in [1.165, 1.54) is 0 Å². The van der Waals surface area contributed by atoms with Gasteiger partial charge in [-0.3, -0.25) is 4.79 Å². The number of hydrogen-bond acceptors (Lipinski definition) is 5. The summed E-state index contributed by atoms with van der Waals surface area (Å²) >= 11 is 0. The predicted molar refractivity (Wildman–Crippen MR) is 127 cm³/mol. The number of likely N-dealkylation sites (tertiary alicyclic amines) is 1. The van der Waals surface area contributed by atoms with Crippen LogP contribution in [0.25, 0.3) is 0 Å². The van der Waals surface area contributed by atoms with E-state index in [1.54, 1.807) is 12.1 Å². The highest BCUT2D eigenvalue weighted by atomic mass is 16.5. The van der Waals surface area contributed by atoms with E-state index in [4.69, 9.17) is 14.2 Å². The standard InChI is InChI=1S/C25H33N3O5/c1-4-31-21-15-19(16-22(32-5-2)23(21)33-6-3)24(29)26-17-18-10-9-11-20(14-18)27-25(30)28-12-7-8-13-28/h9-11,14-16H,4-8,12-13,17H2,1-3H3,(H,26,29)(H,27,30). The summed E-state index contributed by atoms with van der Waals surface area (Å²) in [6, 6.07) is 10.7. The molecule has 1 aliphatic heterocycles. The monoisotopic (exact) mass is 455 g/mol. The number of nitrogens with zero attached hydrogens (tertiary/aromatic N) is 1. The summed E-state index contributed by atoms with van der Waals surface area (Å²) in [7, 11) is 0. The fourth-order valence-electron chi connectivity index (χ4n) is 3.69.